The number of hydrogen-bond donors (Lipinski definition) is 1. The molecule has 0 atom stereocenters. The lowest BCUT2D eigenvalue weighted by atomic mass is 10.3. The van der Waals surface area contributed by atoms with E-state index >= 15 is 0 Å². The average Bonchev–Trinajstić information content (AvgIpc) is 2.02. The van der Waals surface area contributed by atoms with Gasteiger partial charge in [0.05, 0.1) is 0 Å². The predicted molar refractivity (Wildman–Crippen MR) is 60.0 cm³/mol. The van der Waals surface area contributed by atoms with Crippen molar-refractivity contribution in [3.8, 4) is 0 Å². The maximum absolute atomic E-state index is 3.43. The van der Waals surface area contributed by atoms with Gasteiger partial charge in [-0.1, -0.05) is 20.8 Å². The van der Waals surface area contributed by atoms with E-state index in [1.807, 2.05) is 0 Å². The topological polar surface area (TPSA) is 12.0 Å². The second-order valence-electron chi connectivity index (χ2n) is 3.43. The summed E-state index contributed by atoms with van der Waals surface area (Å²) in [6.45, 7) is 7.83. The molecule has 12 heavy (non-hydrogen) atoms. The predicted octanol–water partition coefficient (Wildman–Crippen LogP) is 2.91. The first-order valence-corrected chi connectivity index (χ1v) is 6.24. The van der Waals surface area contributed by atoms with Crippen molar-refractivity contribution >= 4 is 11.8 Å². The van der Waals surface area contributed by atoms with Crippen molar-refractivity contribution < 1.29 is 0 Å². The summed E-state index contributed by atoms with van der Waals surface area (Å²) in [7, 11) is 0. The zero-order valence-electron chi connectivity index (χ0n) is 8.73. The van der Waals surface area contributed by atoms with Crippen LogP contribution in [0.1, 0.15) is 40.0 Å². The SMILES string of the molecule is CCCSCCCCNC(C)C. The minimum absolute atomic E-state index is 0.647. The van der Waals surface area contributed by atoms with Gasteiger partial charge >= 0.3 is 0 Å². The Morgan fingerprint density at radius 3 is 2.50 bits per heavy atom. The first kappa shape index (κ1) is 12.3. The van der Waals surface area contributed by atoms with Crippen molar-refractivity contribution in [2.75, 3.05) is 18.1 Å². The van der Waals surface area contributed by atoms with Crippen LogP contribution < -0.4 is 5.32 Å². The fourth-order valence-corrected chi connectivity index (χ4v) is 1.87. The summed E-state index contributed by atoms with van der Waals surface area (Å²) in [5.74, 6) is 2.67. The Labute approximate surface area is 81.7 Å². The van der Waals surface area contributed by atoms with Gasteiger partial charge in [0.2, 0.25) is 0 Å². The van der Waals surface area contributed by atoms with Gasteiger partial charge in [0.1, 0.15) is 0 Å². The van der Waals surface area contributed by atoms with Crippen molar-refractivity contribution in [3.63, 3.8) is 0 Å². The van der Waals surface area contributed by atoms with Gasteiger partial charge in [0.15, 0.2) is 0 Å². The lowest BCUT2D eigenvalue weighted by Crippen LogP contribution is -2.23. The summed E-state index contributed by atoms with van der Waals surface area (Å²) in [6.07, 6.45) is 4.01. The number of nitrogens with one attached hydrogen (secondary N) is 1. The molecule has 0 aliphatic rings. The number of thioether (sulfide) groups is 1. The van der Waals surface area contributed by atoms with E-state index in [2.05, 4.69) is 37.8 Å². The van der Waals surface area contributed by atoms with E-state index in [1.54, 1.807) is 0 Å². The van der Waals surface area contributed by atoms with Crippen LogP contribution in [0.15, 0.2) is 0 Å². The van der Waals surface area contributed by atoms with E-state index < -0.39 is 0 Å². The molecule has 0 saturated heterocycles. The van der Waals surface area contributed by atoms with Gasteiger partial charge in [0, 0.05) is 6.04 Å². The van der Waals surface area contributed by atoms with Gasteiger partial charge in [-0.3, -0.25) is 0 Å². The molecular formula is C10H23NS. The molecule has 0 bridgehead atoms. The van der Waals surface area contributed by atoms with Gasteiger partial charge in [-0.15, -0.1) is 0 Å². The van der Waals surface area contributed by atoms with E-state index in [-0.39, 0.29) is 0 Å². The van der Waals surface area contributed by atoms with Gasteiger partial charge in [0.25, 0.3) is 0 Å². The monoisotopic (exact) mass is 189 g/mol. The Kier molecular flexibility index (Phi) is 9.64. The van der Waals surface area contributed by atoms with Crippen LogP contribution in [0.25, 0.3) is 0 Å². The van der Waals surface area contributed by atoms with E-state index in [0.717, 1.165) is 0 Å². The highest BCUT2D eigenvalue weighted by Gasteiger charge is 1.92. The summed E-state index contributed by atoms with van der Waals surface area (Å²) < 4.78 is 0. The molecule has 0 amide bonds. The van der Waals surface area contributed by atoms with Gasteiger partial charge in [-0.25, -0.2) is 0 Å². The molecular weight excluding hydrogens is 166 g/mol. The standard InChI is InChI=1S/C10H23NS/c1-4-8-12-9-6-5-7-11-10(2)3/h10-11H,4-9H2,1-3H3. The van der Waals surface area contributed by atoms with Gasteiger partial charge in [-0.05, 0) is 37.3 Å². The van der Waals surface area contributed by atoms with E-state index in [9.17, 15) is 0 Å². The van der Waals surface area contributed by atoms with Crippen LogP contribution in [0.5, 0.6) is 0 Å². The highest BCUT2D eigenvalue weighted by atomic mass is 32.2. The first-order chi connectivity index (χ1) is 5.77. The molecule has 2 heteroatoms. The normalized spacial score (nSPS) is 11.0. The quantitative estimate of drug-likeness (QED) is 0.589. The van der Waals surface area contributed by atoms with Crippen LogP contribution in [0.4, 0.5) is 0 Å². The fraction of sp³-hybridized carbons (Fsp3) is 1.00. The molecule has 74 valence electrons. The minimum Gasteiger partial charge on any atom is -0.315 e. The Morgan fingerprint density at radius 2 is 1.92 bits per heavy atom. The van der Waals surface area contributed by atoms with E-state index in [0.29, 0.717) is 6.04 Å². The molecule has 0 fully saturated rings. The zero-order chi connectivity index (χ0) is 9.23. The molecule has 0 aromatic rings. The second-order valence-corrected chi connectivity index (χ2v) is 4.65. The third kappa shape index (κ3) is 10.3. The molecule has 0 rings (SSSR count). The van der Waals surface area contributed by atoms with E-state index in [1.165, 1.54) is 37.3 Å². The summed E-state index contributed by atoms with van der Waals surface area (Å²) in [4.78, 5) is 0. The van der Waals surface area contributed by atoms with Crippen molar-refractivity contribution in [1.29, 1.82) is 0 Å². The summed E-state index contributed by atoms with van der Waals surface area (Å²) in [5.41, 5.74) is 0. The number of hydrogen-bond acceptors (Lipinski definition) is 2. The smallest absolute Gasteiger partial charge is 0.00103 e. The summed E-state index contributed by atoms with van der Waals surface area (Å²) in [5, 5.41) is 3.43. The van der Waals surface area contributed by atoms with Crippen LogP contribution in [-0.2, 0) is 0 Å². The highest BCUT2D eigenvalue weighted by molar-refractivity contribution is 7.99. The fourth-order valence-electron chi connectivity index (χ4n) is 0.966. The molecule has 1 nitrogen and oxygen atoms in total. The molecule has 0 aliphatic heterocycles. The lowest BCUT2D eigenvalue weighted by Gasteiger charge is -2.06. The Morgan fingerprint density at radius 1 is 1.17 bits per heavy atom. The number of rotatable bonds is 8. The molecule has 0 saturated carbocycles. The molecule has 0 heterocycles. The Balaban J connectivity index is 2.82. The van der Waals surface area contributed by atoms with Crippen LogP contribution in [0.2, 0.25) is 0 Å². The first-order valence-electron chi connectivity index (χ1n) is 5.08. The van der Waals surface area contributed by atoms with Crippen molar-refractivity contribution in [1.82, 2.24) is 5.32 Å². The van der Waals surface area contributed by atoms with Crippen LogP contribution in [-0.4, -0.2) is 24.1 Å². The largest absolute Gasteiger partial charge is 0.315 e. The molecule has 0 unspecified atom stereocenters. The summed E-state index contributed by atoms with van der Waals surface area (Å²) in [6, 6.07) is 0.647. The maximum Gasteiger partial charge on any atom is 0.00103 e. The highest BCUT2D eigenvalue weighted by Crippen LogP contribution is 2.05. The van der Waals surface area contributed by atoms with Crippen molar-refractivity contribution in [3.05, 3.63) is 0 Å². The second kappa shape index (κ2) is 9.40. The zero-order valence-corrected chi connectivity index (χ0v) is 9.54. The summed E-state index contributed by atoms with van der Waals surface area (Å²) >= 11 is 2.08. The third-order valence-electron chi connectivity index (χ3n) is 1.62. The van der Waals surface area contributed by atoms with Gasteiger partial charge < -0.3 is 5.32 Å². The molecule has 0 aliphatic carbocycles. The lowest BCUT2D eigenvalue weighted by molar-refractivity contribution is 0.567. The Bertz CT molecular complexity index is 83.9. The van der Waals surface area contributed by atoms with Crippen LogP contribution in [0, 0.1) is 0 Å². The molecule has 1 N–H and O–H groups in total. The van der Waals surface area contributed by atoms with Crippen LogP contribution >= 0.6 is 11.8 Å². The van der Waals surface area contributed by atoms with Gasteiger partial charge in [-0.2, -0.15) is 11.8 Å². The third-order valence-corrected chi connectivity index (χ3v) is 2.89. The van der Waals surface area contributed by atoms with Crippen molar-refractivity contribution in [2.24, 2.45) is 0 Å². The number of unbranched alkanes of at least 4 members (excludes halogenated alkanes) is 1. The molecule has 0 aromatic heterocycles. The maximum atomic E-state index is 3.43. The van der Waals surface area contributed by atoms with Crippen LogP contribution in [0.3, 0.4) is 0 Å². The molecule has 0 spiro atoms. The van der Waals surface area contributed by atoms with E-state index in [4.69, 9.17) is 0 Å². The molecule has 0 aromatic carbocycles. The minimum atomic E-state index is 0.647. The van der Waals surface area contributed by atoms with Crippen molar-refractivity contribution in [2.45, 2.75) is 46.1 Å². The molecule has 0 radical (unpaired) electrons. The Hall–Kier alpha value is 0.310. The average molecular weight is 189 g/mol.